The molecule has 0 bridgehead atoms. The normalized spacial score (nSPS) is 12.3. The van der Waals surface area contributed by atoms with Crippen LogP contribution in [0, 0.1) is 5.41 Å². The number of likely N-dealkylation sites (N-methyl/N-ethyl adjacent to an activating group) is 1. The molecule has 26 heavy (non-hydrogen) atoms. The van der Waals surface area contributed by atoms with Crippen molar-refractivity contribution in [1.82, 2.24) is 10.2 Å². The summed E-state index contributed by atoms with van der Waals surface area (Å²) < 4.78 is 0. The summed E-state index contributed by atoms with van der Waals surface area (Å²) in [5, 5.41) is 5.91. The van der Waals surface area contributed by atoms with Gasteiger partial charge in [-0.15, -0.1) is 0 Å². The second-order valence-corrected chi connectivity index (χ2v) is 7.76. The van der Waals surface area contributed by atoms with Crippen LogP contribution in [0.25, 0.3) is 0 Å². The fourth-order valence-electron chi connectivity index (χ4n) is 2.06. The van der Waals surface area contributed by atoms with Crippen molar-refractivity contribution in [3.05, 3.63) is 28.2 Å². The van der Waals surface area contributed by atoms with E-state index in [-0.39, 0.29) is 18.4 Å². The second kappa shape index (κ2) is 9.24. The Hall–Kier alpha value is -1.79. The van der Waals surface area contributed by atoms with Crippen LogP contribution in [0.2, 0.25) is 10.0 Å². The van der Waals surface area contributed by atoms with Gasteiger partial charge in [0.15, 0.2) is 0 Å². The van der Waals surface area contributed by atoms with Gasteiger partial charge in [-0.3, -0.25) is 14.4 Å². The van der Waals surface area contributed by atoms with Gasteiger partial charge in [0, 0.05) is 12.0 Å². The second-order valence-electron chi connectivity index (χ2n) is 6.94. The van der Waals surface area contributed by atoms with Crippen molar-refractivity contribution >= 4 is 46.6 Å². The predicted molar refractivity (Wildman–Crippen MR) is 104 cm³/mol. The topological polar surface area (TPSA) is 78.5 Å². The summed E-state index contributed by atoms with van der Waals surface area (Å²) in [4.78, 5) is 38.2. The molecule has 1 rings (SSSR count). The molecule has 1 aromatic rings. The number of benzene rings is 1. The quantitative estimate of drug-likeness (QED) is 0.766. The molecule has 0 heterocycles. The third kappa shape index (κ3) is 6.18. The largest absolute Gasteiger partial charge is 0.344 e. The van der Waals surface area contributed by atoms with E-state index in [2.05, 4.69) is 10.6 Å². The summed E-state index contributed by atoms with van der Waals surface area (Å²) in [6, 6.07) is 4.14. The van der Waals surface area contributed by atoms with Crippen molar-refractivity contribution in [2.75, 3.05) is 18.4 Å². The van der Waals surface area contributed by atoms with Crippen molar-refractivity contribution in [2.45, 2.75) is 40.7 Å². The van der Waals surface area contributed by atoms with Crippen LogP contribution >= 0.6 is 23.2 Å². The first-order chi connectivity index (χ1) is 12.0. The summed E-state index contributed by atoms with van der Waals surface area (Å²) in [7, 11) is 0. The molecule has 0 spiro atoms. The van der Waals surface area contributed by atoms with Gasteiger partial charge in [-0.05, 0) is 26.0 Å². The molecule has 1 aromatic carbocycles. The Morgan fingerprint density at radius 2 is 1.69 bits per heavy atom. The van der Waals surface area contributed by atoms with E-state index in [9.17, 15) is 14.4 Å². The van der Waals surface area contributed by atoms with E-state index >= 15 is 0 Å². The summed E-state index contributed by atoms with van der Waals surface area (Å²) in [6.07, 6.45) is 0. The zero-order valence-electron chi connectivity index (χ0n) is 15.7. The van der Waals surface area contributed by atoms with Crippen molar-refractivity contribution in [3.63, 3.8) is 0 Å². The van der Waals surface area contributed by atoms with E-state index in [0.717, 1.165) is 0 Å². The Bertz CT molecular complexity index is 666. The third-order valence-electron chi connectivity index (χ3n) is 3.65. The molecule has 0 aliphatic rings. The molecule has 3 amide bonds. The number of anilines is 1. The maximum absolute atomic E-state index is 12.5. The fraction of sp³-hybridized carbons (Fsp3) is 0.500. The van der Waals surface area contributed by atoms with Crippen molar-refractivity contribution < 1.29 is 14.4 Å². The van der Waals surface area contributed by atoms with Crippen LogP contribution in [0.1, 0.15) is 34.6 Å². The fourth-order valence-corrected chi connectivity index (χ4v) is 2.56. The number of nitrogens with zero attached hydrogens (tertiary/aromatic N) is 1. The summed E-state index contributed by atoms with van der Waals surface area (Å²) >= 11 is 12.1. The van der Waals surface area contributed by atoms with Crippen LogP contribution in [-0.2, 0) is 14.4 Å². The Balaban J connectivity index is 2.75. The Labute approximate surface area is 164 Å². The van der Waals surface area contributed by atoms with Gasteiger partial charge in [0.05, 0.1) is 22.3 Å². The number of amides is 3. The monoisotopic (exact) mass is 401 g/mol. The minimum Gasteiger partial charge on any atom is -0.344 e. The SMILES string of the molecule is CCN(CC(=O)Nc1c(Cl)cccc1Cl)C(=O)C(C)NC(=O)C(C)(C)C. The number of halogens is 2. The van der Waals surface area contributed by atoms with Crippen LogP contribution < -0.4 is 10.6 Å². The Morgan fingerprint density at radius 1 is 1.15 bits per heavy atom. The standard InChI is InChI=1S/C18H25Cl2N3O3/c1-6-23(16(25)11(2)21-17(26)18(3,4)5)10-14(24)22-15-12(19)8-7-9-13(15)20/h7-9,11H,6,10H2,1-5H3,(H,21,26)(H,22,24). The maximum Gasteiger partial charge on any atom is 0.245 e. The Morgan fingerprint density at radius 3 is 2.15 bits per heavy atom. The number of rotatable bonds is 6. The molecular weight excluding hydrogens is 377 g/mol. The predicted octanol–water partition coefficient (Wildman–Crippen LogP) is 3.33. The van der Waals surface area contributed by atoms with Gasteiger partial charge in [0.25, 0.3) is 0 Å². The first kappa shape index (κ1) is 22.3. The van der Waals surface area contributed by atoms with Crippen LogP contribution in [0.3, 0.4) is 0 Å². The lowest BCUT2D eigenvalue weighted by molar-refractivity contribution is -0.139. The summed E-state index contributed by atoms with van der Waals surface area (Å²) in [5.41, 5.74) is -0.303. The molecule has 0 fully saturated rings. The number of nitrogens with one attached hydrogen (secondary N) is 2. The summed E-state index contributed by atoms with van der Waals surface area (Å²) in [6.45, 7) is 8.78. The number of carbonyl (C=O) groups excluding carboxylic acids is 3. The van der Waals surface area contributed by atoms with Gasteiger partial charge < -0.3 is 15.5 Å². The molecule has 144 valence electrons. The molecule has 0 radical (unpaired) electrons. The van der Waals surface area contributed by atoms with Gasteiger partial charge in [-0.2, -0.15) is 0 Å². The number of carbonyl (C=O) groups is 3. The summed E-state index contributed by atoms with van der Waals surface area (Å²) in [5.74, 6) is -1.00. The number of para-hydroxylation sites is 1. The van der Waals surface area contributed by atoms with Gasteiger partial charge in [-0.1, -0.05) is 50.0 Å². The van der Waals surface area contributed by atoms with E-state index in [0.29, 0.717) is 22.3 Å². The zero-order valence-corrected chi connectivity index (χ0v) is 17.2. The zero-order chi connectivity index (χ0) is 20.1. The third-order valence-corrected chi connectivity index (χ3v) is 4.28. The smallest absolute Gasteiger partial charge is 0.245 e. The van der Waals surface area contributed by atoms with Crippen molar-refractivity contribution in [3.8, 4) is 0 Å². The molecule has 0 saturated carbocycles. The van der Waals surface area contributed by atoms with E-state index in [1.54, 1.807) is 52.8 Å². The van der Waals surface area contributed by atoms with Gasteiger partial charge in [0.2, 0.25) is 17.7 Å². The van der Waals surface area contributed by atoms with Crippen molar-refractivity contribution in [1.29, 1.82) is 0 Å². The molecule has 6 nitrogen and oxygen atoms in total. The lowest BCUT2D eigenvalue weighted by atomic mass is 9.95. The lowest BCUT2D eigenvalue weighted by Gasteiger charge is -2.27. The first-order valence-electron chi connectivity index (χ1n) is 8.31. The highest BCUT2D eigenvalue weighted by Crippen LogP contribution is 2.29. The lowest BCUT2D eigenvalue weighted by Crippen LogP contribution is -2.51. The molecule has 0 aliphatic carbocycles. The number of hydrogen-bond donors (Lipinski definition) is 2. The van der Waals surface area contributed by atoms with E-state index < -0.39 is 17.4 Å². The molecule has 2 N–H and O–H groups in total. The molecule has 1 unspecified atom stereocenters. The number of hydrogen-bond acceptors (Lipinski definition) is 3. The van der Waals surface area contributed by atoms with Crippen LogP contribution in [0.5, 0.6) is 0 Å². The molecule has 0 aromatic heterocycles. The molecule has 0 aliphatic heterocycles. The molecular formula is C18H25Cl2N3O3. The van der Waals surface area contributed by atoms with Gasteiger partial charge >= 0.3 is 0 Å². The maximum atomic E-state index is 12.5. The van der Waals surface area contributed by atoms with Crippen LogP contribution in [0.15, 0.2) is 18.2 Å². The minimum absolute atomic E-state index is 0.174. The van der Waals surface area contributed by atoms with Crippen molar-refractivity contribution in [2.24, 2.45) is 5.41 Å². The minimum atomic E-state index is -0.738. The van der Waals surface area contributed by atoms with E-state index in [1.807, 2.05) is 0 Å². The van der Waals surface area contributed by atoms with Crippen LogP contribution in [-0.4, -0.2) is 41.8 Å². The average molecular weight is 402 g/mol. The van der Waals surface area contributed by atoms with Gasteiger partial charge in [0.1, 0.15) is 6.04 Å². The Kier molecular flexibility index (Phi) is 7.90. The molecule has 0 saturated heterocycles. The van der Waals surface area contributed by atoms with Crippen LogP contribution in [0.4, 0.5) is 5.69 Å². The van der Waals surface area contributed by atoms with E-state index in [1.165, 1.54) is 4.90 Å². The molecule has 8 heteroatoms. The highest BCUT2D eigenvalue weighted by Gasteiger charge is 2.28. The average Bonchev–Trinajstić information content (AvgIpc) is 2.54. The highest BCUT2D eigenvalue weighted by molar-refractivity contribution is 6.39. The first-order valence-corrected chi connectivity index (χ1v) is 9.06. The highest BCUT2D eigenvalue weighted by atomic mass is 35.5. The van der Waals surface area contributed by atoms with Gasteiger partial charge in [-0.25, -0.2) is 0 Å². The molecule has 1 atom stereocenters. The van der Waals surface area contributed by atoms with E-state index in [4.69, 9.17) is 23.2 Å².